The molecular formula is C11H13F2NO2. The molecule has 0 bridgehead atoms. The van der Waals surface area contributed by atoms with Crippen molar-refractivity contribution in [1.29, 1.82) is 0 Å². The molecule has 0 saturated heterocycles. The minimum atomic E-state index is -0.991. The average molecular weight is 229 g/mol. The SMILES string of the molecule is Cc1cc(C(N)CCC(=O)O)c(F)cc1F. The van der Waals surface area contributed by atoms with Crippen molar-refractivity contribution in [3.05, 3.63) is 34.9 Å². The molecule has 3 nitrogen and oxygen atoms in total. The Morgan fingerprint density at radius 3 is 2.62 bits per heavy atom. The van der Waals surface area contributed by atoms with Gasteiger partial charge in [-0.1, -0.05) is 0 Å². The topological polar surface area (TPSA) is 63.3 Å². The van der Waals surface area contributed by atoms with Crippen LogP contribution in [0.1, 0.15) is 30.0 Å². The maximum atomic E-state index is 13.3. The number of carboxylic acids is 1. The minimum absolute atomic E-state index is 0.122. The van der Waals surface area contributed by atoms with Crippen molar-refractivity contribution in [2.45, 2.75) is 25.8 Å². The van der Waals surface area contributed by atoms with Gasteiger partial charge in [0.1, 0.15) is 11.6 Å². The lowest BCUT2D eigenvalue weighted by Crippen LogP contribution is -2.14. The van der Waals surface area contributed by atoms with Gasteiger partial charge in [0.15, 0.2) is 0 Å². The average Bonchev–Trinajstić information content (AvgIpc) is 2.20. The highest BCUT2D eigenvalue weighted by atomic mass is 19.1. The van der Waals surface area contributed by atoms with E-state index in [1.807, 2.05) is 0 Å². The van der Waals surface area contributed by atoms with Crippen molar-refractivity contribution in [3.63, 3.8) is 0 Å². The van der Waals surface area contributed by atoms with Crippen LogP contribution in [0.3, 0.4) is 0 Å². The lowest BCUT2D eigenvalue weighted by Gasteiger charge is -2.12. The van der Waals surface area contributed by atoms with Crippen molar-refractivity contribution in [2.75, 3.05) is 0 Å². The second-order valence-corrected chi connectivity index (χ2v) is 3.66. The molecular weight excluding hydrogens is 216 g/mol. The number of halogens is 2. The molecule has 5 heteroatoms. The molecule has 88 valence electrons. The Hall–Kier alpha value is -1.49. The number of hydrogen-bond donors (Lipinski definition) is 2. The summed E-state index contributed by atoms with van der Waals surface area (Å²) in [6, 6.07) is 1.36. The largest absolute Gasteiger partial charge is 0.481 e. The first-order valence-electron chi connectivity index (χ1n) is 4.84. The Morgan fingerprint density at radius 2 is 2.06 bits per heavy atom. The highest BCUT2D eigenvalue weighted by Crippen LogP contribution is 2.22. The Morgan fingerprint density at radius 1 is 1.44 bits per heavy atom. The molecule has 0 amide bonds. The first-order chi connectivity index (χ1) is 7.41. The van der Waals surface area contributed by atoms with E-state index in [0.717, 1.165) is 6.07 Å². The van der Waals surface area contributed by atoms with Crippen molar-refractivity contribution in [3.8, 4) is 0 Å². The maximum absolute atomic E-state index is 13.3. The monoisotopic (exact) mass is 229 g/mol. The molecule has 16 heavy (non-hydrogen) atoms. The summed E-state index contributed by atoms with van der Waals surface area (Å²) in [4.78, 5) is 10.3. The van der Waals surface area contributed by atoms with Crippen LogP contribution in [-0.4, -0.2) is 11.1 Å². The molecule has 0 aliphatic rings. The Labute approximate surface area is 91.9 Å². The first-order valence-corrected chi connectivity index (χ1v) is 4.84. The van der Waals surface area contributed by atoms with E-state index in [0.29, 0.717) is 5.56 Å². The summed E-state index contributed by atoms with van der Waals surface area (Å²) >= 11 is 0. The van der Waals surface area contributed by atoms with Gasteiger partial charge in [0.25, 0.3) is 0 Å². The van der Waals surface area contributed by atoms with Crippen LogP contribution < -0.4 is 5.73 Å². The maximum Gasteiger partial charge on any atom is 0.303 e. The number of rotatable bonds is 4. The number of nitrogens with two attached hydrogens (primary N) is 1. The molecule has 0 aromatic heterocycles. The van der Waals surface area contributed by atoms with Crippen molar-refractivity contribution >= 4 is 5.97 Å². The standard InChI is InChI=1S/C11H13F2NO2/c1-6-4-7(9(13)5-8(6)12)10(14)2-3-11(15)16/h4-5,10H,2-3,14H2,1H3,(H,15,16). The van der Waals surface area contributed by atoms with E-state index in [9.17, 15) is 13.6 Å². The fraction of sp³-hybridized carbons (Fsp3) is 0.364. The van der Waals surface area contributed by atoms with Gasteiger partial charge < -0.3 is 10.8 Å². The quantitative estimate of drug-likeness (QED) is 0.831. The zero-order valence-corrected chi connectivity index (χ0v) is 8.84. The molecule has 0 aliphatic carbocycles. The van der Waals surface area contributed by atoms with Crippen LogP contribution >= 0.6 is 0 Å². The highest BCUT2D eigenvalue weighted by Gasteiger charge is 2.15. The van der Waals surface area contributed by atoms with Crippen LogP contribution in [0, 0.1) is 18.6 Å². The minimum Gasteiger partial charge on any atom is -0.481 e. The molecule has 0 spiro atoms. The third-order valence-corrected chi connectivity index (χ3v) is 2.35. The number of aliphatic carboxylic acids is 1. The van der Waals surface area contributed by atoms with E-state index in [-0.39, 0.29) is 18.4 Å². The molecule has 0 saturated carbocycles. The molecule has 1 unspecified atom stereocenters. The normalized spacial score (nSPS) is 12.5. The third kappa shape index (κ3) is 3.00. The molecule has 1 aromatic carbocycles. The first kappa shape index (κ1) is 12.6. The number of benzene rings is 1. The van der Waals surface area contributed by atoms with Gasteiger partial charge in [0.2, 0.25) is 0 Å². The van der Waals surface area contributed by atoms with Crippen LogP contribution in [0.5, 0.6) is 0 Å². The number of aryl methyl sites for hydroxylation is 1. The van der Waals surface area contributed by atoms with Gasteiger partial charge in [-0.25, -0.2) is 8.78 Å². The van der Waals surface area contributed by atoms with E-state index in [2.05, 4.69) is 0 Å². The predicted molar refractivity (Wildman–Crippen MR) is 54.9 cm³/mol. The van der Waals surface area contributed by atoms with E-state index >= 15 is 0 Å². The van der Waals surface area contributed by atoms with E-state index in [1.54, 1.807) is 0 Å². The lowest BCUT2D eigenvalue weighted by molar-refractivity contribution is -0.137. The summed E-state index contributed by atoms with van der Waals surface area (Å²) in [5, 5.41) is 8.47. The molecule has 0 aliphatic heterocycles. The van der Waals surface area contributed by atoms with E-state index in [4.69, 9.17) is 10.8 Å². The fourth-order valence-electron chi connectivity index (χ4n) is 1.40. The molecule has 1 rings (SSSR count). The van der Waals surface area contributed by atoms with Gasteiger partial charge in [0.05, 0.1) is 0 Å². The van der Waals surface area contributed by atoms with Crippen LogP contribution in [0.2, 0.25) is 0 Å². The molecule has 0 radical (unpaired) electrons. The van der Waals surface area contributed by atoms with Gasteiger partial charge in [0, 0.05) is 24.1 Å². The van der Waals surface area contributed by atoms with E-state index in [1.165, 1.54) is 13.0 Å². The summed E-state index contributed by atoms with van der Waals surface area (Å²) in [6.07, 6.45) is -0.0195. The van der Waals surface area contributed by atoms with Gasteiger partial charge in [-0.2, -0.15) is 0 Å². The zero-order chi connectivity index (χ0) is 12.3. The molecule has 1 aromatic rings. The highest BCUT2D eigenvalue weighted by molar-refractivity contribution is 5.66. The summed E-state index contributed by atoms with van der Waals surface area (Å²) in [7, 11) is 0. The summed E-state index contributed by atoms with van der Waals surface area (Å²) < 4.78 is 26.3. The number of hydrogen-bond acceptors (Lipinski definition) is 2. The Kier molecular flexibility index (Phi) is 3.95. The van der Waals surface area contributed by atoms with Gasteiger partial charge in [-0.3, -0.25) is 4.79 Å². The number of carbonyl (C=O) groups is 1. The zero-order valence-electron chi connectivity index (χ0n) is 8.84. The van der Waals surface area contributed by atoms with Crippen LogP contribution in [0.4, 0.5) is 8.78 Å². The van der Waals surface area contributed by atoms with Crippen LogP contribution in [0.15, 0.2) is 12.1 Å². The smallest absolute Gasteiger partial charge is 0.303 e. The third-order valence-electron chi connectivity index (χ3n) is 2.35. The van der Waals surface area contributed by atoms with Crippen LogP contribution in [-0.2, 0) is 4.79 Å². The molecule has 1 atom stereocenters. The Bertz CT molecular complexity index is 407. The van der Waals surface area contributed by atoms with Crippen LogP contribution in [0.25, 0.3) is 0 Å². The molecule has 0 fully saturated rings. The van der Waals surface area contributed by atoms with E-state index < -0.39 is 23.6 Å². The summed E-state index contributed by atoms with van der Waals surface area (Å²) in [5.41, 5.74) is 6.08. The Balaban J connectivity index is 2.86. The fourth-order valence-corrected chi connectivity index (χ4v) is 1.40. The molecule has 3 N–H and O–H groups in total. The summed E-state index contributed by atoms with van der Waals surface area (Å²) in [6.45, 7) is 1.50. The number of carboxylic acid groups (broad SMARTS) is 1. The van der Waals surface area contributed by atoms with Gasteiger partial charge in [-0.15, -0.1) is 0 Å². The second-order valence-electron chi connectivity index (χ2n) is 3.66. The molecule has 0 heterocycles. The summed E-state index contributed by atoms with van der Waals surface area (Å²) in [5.74, 6) is -2.36. The van der Waals surface area contributed by atoms with Gasteiger partial charge in [-0.05, 0) is 25.0 Å². The predicted octanol–water partition coefficient (Wildman–Crippen LogP) is 2.14. The second kappa shape index (κ2) is 5.03. The van der Waals surface area contributed by atoms with Crippen molar-refractivity contribution in [2.24, 2.45) is 5.73 Å². The lowest BCUT2D eigenvalue weighted by atomic mass is 10.00. The van der Waals surface area contributed by atoms with Gasteiger partial charge >= 0.3 is 5.97 Å². The van der Waals surface area contributed by atoms with Crippen molar-refractivity contribution < 1.29 is 18.7 Å². The van der Waals surface area contributed by atoms with Crippen molar-refractivity contribution in [1.82, 2.24) is 0 Å².